The smallest absolute Gasteiger partial charge is 0.309 e. The summed E-state index contributed by atoms with van der Waals surface area (Å²) in [5, 5.41) is 3.82. The molecule has 0 fully saturated rings. The molecule has 412 valence electrons. The summed E-state index contributed by atoms with van der Waals surface area (Å²) < 4.78 is 48.2. The molecule has 0 aliphatic carbocycles. The molecule has 4 heterocycles. The van der Waals surface area contributed by atoms with Gasteiger partial charge in [0.05, 0.1) is 39.9 Å². The van der Waals surface area contributed by atoms with E-state index >= 15 is 0 Å². The van der Waals surface area contributed by atoms with E-state index in [1.54, 1.807) is 13.0 Å². The fraction of sp³-hybridized carbons (Fsp3) is 0.0267. The maximum absolute atomic E-state index is 14.6. The van der Waals surface area contributed by atoms with Crippen molar-refractivity contribution in [3.8, 4) is 102 Å². The van der Waals surface area contributed by atoms with Crippen molar-refractivity contribution in [3.05, 3.63) is 283 Å². The Morgan fingerprint density at radius 2 is 0.747 bits per heavy atom. The van der Waals surface area contributed by atoms with Crippen LogP contribution in [0.15, 0.2) is 261 Å². The summed E-state index contributed by atoms with van der Waals surface area (Å²) in [6.07, 6.45) is -4.57. The van der Waals surface area contributed by atoms with Crippen molar-refractivity contribution in [2.45, 2.75) is 13.1 Å². The van der Waals surface area contributed by atoms with Crippen LogP contribution < -0.4 is 0 Å². The molecule has 87 heavy (non-hydrogen) atoms. The Balaban J connectivity index is 0.926. The molecule has 0 unspecified atom stereocenters. The highest BCUT2D eigenvalue weighted by Gasteiger charge is 2.31. The standard InChI is InChI=1S/C75H46F3N9/c1-46-39-54(41-55(40-46)75(76,77)78)51-31-36-68(87-65-30-18-16-28-58(65)61-44-53(33-38-67(61)87)74-84-71(49-23-11-5-12-24-49)81-72(85-74)50-25-13-6-14-26-50)62(42-51)59-45-56(34-35-63(59)79-2)86-64-29-17-15-27-57(64)60-43-52(32-37-66(60)86)73-82-69(47-19-7-3-8-20-47)80-70(83-73)48-21-9-4-10-22-48/h3-45H,1H3. The van der Waals surface area contributed by atoms with E-state index in [0.29, 0.717) is 68.5 Å². The second-order valence-electron chi connectivity index (χ2n) is 21.4. The van der Waals surface area contributed by atoms with Gasteiger partial charge in [-0.3, -0.25) is 0 Å². The third-order valence-electron chi connectivity index (χ3n) is 15.9. The van der Waals surface area contributed by atoms with Crippen molar-refractivity contribution in [1.82, 2.24) is 39.0 Å². The number of hydrogen-bond acceptors (Lipinski definition) is 6. The number of alkyl halides is 3. The molecule has 0 saturated heterocycles. The topological polar surface area (TPSA) is 91.6 Å². The summed E-state index contributed by atoms with van der Waals surface area (Å²) >= 11 is 0. The molecular formula is C75H46F3N9. The Hall–Kier alpha value is -11.7. The molecule has 0 spiro atoms. The summed E-state index contributed by atoms with van der Waals surface area (Å²) in [6, 6.07) is 83.9. The third-order valence-corrected chi connectivity index (χ3v) is 15.9. The van der Waals surface area contributed by atoms with E-state index in [1.165, 1.54) is 6.07 Å². The van der Waals surface area contributed by atoms with Gasteiger partial charge in [-0.25, -0.2) is 34.7 Å². The molecule has 0 saturated carbocycles. The van der Waals surface area contributed by atoms with E-state index in [9.17, 15) is 13.2 Å². The highest BCUT2D eigenvalue weighted by Crippen LogP contribution is 2.45. The number of para-hydroxylation sites is 2. The van der Waals surface area contributed by atoms with Gasteiger partial charge in [-0.15, -0.1) is 0 Å². The molecule has 12 heteroatoms. The fourth-order valence-electron chi connectivity index (χ4n) is 11.9. The van der Waals surface area contributed by atoms with E-state index < -0.39 is 11.7 Å². The lowest BCUT2D eigenvalue weighted by molar-refractivity contribution is -0.137. The fourth-order valence-corrected chi connectivity index (χ4v) is 11.9. The molecule has 15 aromatic rings. The molecule has 0 radical (unpaired) electrons. The predicted molar refractivity (Wildman–Crippen MR) is 341 cm³/mol. The van der Waals surface area contributed by atoms with Crippen LogP contribution in [-0.2, 0) is 6.18 Å². The van der Waals surface area contributed by atoms with Gasteiger partial charge >= 0.3 is 6.18 Å². The number of aromatic nitrogens is 8. The number of benzene rings is 11. The molecule has 0 N–H and O–H groups in total. The minimum Gasteiger partial charge on any atom is -0.309 e. The van der Waals surface area contributed by atoms with Crippen molar-refractivity contribution in [2.75, 3.05) is 0 Å². The van der Waals surface area contributed by atoms with Crippen molar-refractivity contribution in [1.29, 1.82) is 0 Å². The first-order chi connectivity index (χ1) is 42.6. The molecule has 11 aromatic carbocycles. The average molecular weight is 1130 g/mol. The third kappa shape index (κ3) is 9.50. The number of fused-ring (bicyclic) bond motifs is 6. The van der Waals surface area contributed by atoms with Crippen molar-refractivity contribution < 1.29 is 13.2 Å². The Kier molecular flexibility index (Phi) is 12.7. The van der Waals surface area contributed by atoms with E-state index in [4.69, 9.17) is 36.5 Å². The zero-order valence-electron chi connectivity index (χ0n) is 46.5. The van der Waals surface area contributed by atoms with Crippen LogP contribution in [0.2, 0.25) is 0 Å². The van der Waals surface area contributed by atoms with Gasteiger partial charge < -0.3 is 9.13 Å². The summed E-state index contributed by atoms with van der Waals surface area (Å²) in [5.74, 6) is 3.22. The molecule has 0 aliphatic rings. The van der Waals surface area contributed by atoms with Gasteiger partial charge in [0.1, 0.15) is 0 Å². The van der Waals surface area contributed by atoms with Crippen LogP contribution in [0, 0.1) is 13.5 Å². The minimum atomic E-state index is -4.57. The minimum absolute atomic E-state index is 0.361. The molecule has 0 bridgehead atoms. The van der Waals surface area contributed by atoms with Crippen molar-refractivity contribution >= 4 is 49.3 Å². The van der Waals surface area contributed by atoms with Crippen LogP contribution in [0.5, 0.6) is 0 Å². The van der Waals surface area contributed by atoms with E-state index in [2.05, 4.69) is 62.5 Å². The Bertz CT molecular complexity index is 5110. The molecule has 0 aliphatic heterocycles. The maximum Gasteiger partial charge on any atom is 0.416 e. The lowest BCUT2D eigenvalue weighted by atomic mass is 9.94. The Labute approximate surface area is 497 Å². The molecule has 4 aromatic heterocycles. The first-order valence-corrected chi connectivity index (χ1v) is 28.3. The largest absolute Gasteiger partial charge is 0.416 e. The number of hydrogen-bond donors (Lipinski definition) is 0. The summed E-state index contributed by atoms with van der Waals surface area (Å²) in [7, 11) is 0. The quantitative estimate of drug-likeness (QED) is 0.127. The second kappa shape index (κ2) is 21.2. The number of rotatable bonds is 10. The summed E-state index contributed by atoms with van der Waals surface area (Å²) in [6.45, 7) is 10.4. The Morgan fingerprint density at radius 3 is 1.22 bits per heavy atom. The lowest BCUT2D eigenvalue weighted by Gasteiger charge is -2.19. The van der Waals surface area contributed by atoms with Gasteiger partial charge in [-0.1, -0.05) is 176 Å². The first-order valence-electron chi connectivity index (χ1n) is 28.3. The van der Waals surface area contributed by atoms with Gasteiger partial charge in [0.15, 0.2) is 40.6 Å². The number of aryl methyl sites for hydroxylation is 1. The second-order valence-corrected chi connectivity index (χ2v) is 21.4. The molecule has 0 atom stereocenters. The van der Waals surface area contributed by atoms with Gasteiger partial charge in [0.25, 0.3) is 0 Å². The normalized spacial score (nSPS) is 11.7. The highest BCUT2D eigenvalue weighted by molar-refractivity contribution is 6.12. The van der Waals surface area contributed by atoms with E-state index in [1.807, 2.05) is 194 Å². The van der Waals surface area contributed by atoms with Gasteiger partial charge in [0, 0.05) is 60.6 Å². The maximum atomic E-state index is 14.6. The number of nitrogens with zero attached hydrogens (tertiary/aromatic N) is 9. The van der Waals surface area contributed by atoms with Crippen LogP contribution in [-0.4, -0.2) is 39.0 Å². The van der Waals surface area contributed by atoms with Crippen LogP contribution in [0.1, 0.15) is 11.1 Å². The van der Waals surface area contributed by atoms with Crippen molar-refractivity contribution in [3.63, 3.8) is 0 Å². The predicted octanol–water partition coefficient (Wildman–Crippen LogP) is 19.5. The Morgan fingerprint density at radius 1 is 0.333 bits per heavy atom. The molecule has 9 nitrogen and oxygen atoms in total. The molecule has 0 amide bonds. The van der Waals surface area contributed by atoms with Crippen LogP contribution in [0.3, 0.4) is 0 Å². The lowest BCUT2D eigenvalue weighted by Crippen LogP contribution is -2.05. The SMILES string of the molecule is [C-]#[N+]c1ccc(-n2c3ccccc3c3cc(-c4nc(-c5ccccc5)nc(-c5ccccc5)n4)ccc32)cc1-c1cc(-c2cc(C)cc(C(F)(F)F)c2)ccc1-n1c2ccccc2c2cc(-c3nc(-c4ccccc4)nc(-c4ccccc4)n3)ccc21. The highest BCUT2D eigenvalue weighted by atomic mass is 19.4. The van der Waals surface area contributed by atoms with Crippen LogP contribution in [0.4, 0.5) is 18.9 Å². The van der Waals surface area contributed by atoms with Crippen LogP contribution >= 0.6 is 0 Å². The first kappa shape index (κ1) is 52.1. The van der Waals surface area contributed by atoms with E-state index in [0.717, 1.165) is 94.4 Å². The molecular weight excluding hydrogens is 1080 g/mol. The van der Waals surface area contributed by atoms with Gasteiger partial charge in [-0.05, 0) is 120 Å². The number of halogens is 3. The van der Waals surface area contributed by atoms with Crippen molar-refractivity contribution in [2.24, 2.45) is 0 Å². The monoisotopic (exact) mass is 1130 g/mol. The zero-order chi connectivity index (χ0) is 58.8. The zero-order valence-corrected chi connectivity index (χ0v) is 46.5. The van der Waals surface area contributed by atoms with Gasteiger partial charge in [-0.2, -0.15) is 13.2 Å². The van der Waals surface area contributed by atoms with E-state index in [-0.39, 0.29) is 0 Å². The summed E-state index contributed by atoms with van der Waals surface area (Å²) in [5.41, 5.74) is 12.3. The summed E-state index contributed by atoms with van der Waals surface area (Å²) in [4.78, 5) is 34.3. The average Bonchev–Trinajstić information content (AvgIpc) is 1.84. The van der Waals surface area contributed by atoms with Crippen LogP contribution in [0.25, 0.3) is 150 Å². The van der Waals surface area contributed by atoms with Gasteiger partial charge in [0.2, 0.25) is 0 Å². The molecule has 15 rings (SSSR count).